The Hall–Kier alpha value is -1.36. The molecule has 0 saturated heterocycles. The third-order valence-electron chi connectivity index (χ3n) is 2.29. The van der Waals surface area contributed by atoms with Gasteiger partial charge < -0.3 is 9.47 Å². The molecule has 5 heteroatoms. The fraction of sp³-hybridized carbons (Fsp3) is 0.467. The fourth-order valence-corrected chi connectivity index (χ4v) is 1.94. The maximum Gasteiger partial charge on any atom is 0.350 e. The highest BCUT2D eigenvalue weighted by atomic mass is 79.9. The van der Waals surface area contributed by atoms with Gasteiger partial charge in [0.25, 0.3) is 0 Å². The number of rotatable bonds is 4. The summed E-state index contributed by atoms with van der Waals surface area (Å²) in [6, 6.07) is 4.93. The summed E-state index contributed by atoms with van der Waals surface area (Å²) in [6.07, 6.45) is 0.720. The standard InChI is InChI=1S/C15H19BrO4/c1-14(2,3)20-13(18)15(4,5)19-12-7-10(9-17)6-11(16)8-12/h6-9H,1-5H3. The Labute approximate surface area is 127 Å². The second-order valence-electron chi connectivity index (χ2n) is 5.95. The van der Waals surface area contributed by atoms with Gasteiger partial charge in [-0.1, -0.05) is 15.9 Å². The van der Waals surface area contributed by atoms with E-state index in [9.17, 15) is 9.59 Å². The van der Waals surface area contributed by atoms with E-state index >= 15 is 0 Å². The number of ether oxygens (including phenoxy) is 2. The van der Waals surface area contributed by atoms with Crippen molar-refractivity contribution >= 4 is 28.2 Å². The number of halogens is 1. The minimum Gasteiger partial charge on any atom is -0.476 e. The quantitative estimate of drug-likeness (QED) is 0.617. The van der Waals surface area contributed by atoms with Gasteiger partial charge in [-0.15, -0.1) is 0 Å². The molecule has 1 aromatic carbocycles. The molecule has 0 bridgehead atoms. The fourth-order valence-electron chi connectivity index (χ4n) is 1.45. The zero-order chi connectivity index (χ0) is 15.6. The molecular weight excluding hydrogens is 324 g/mol. The Balaban J connectivity index is 2.93. The summed E-state index contributed by atoms with van der Waals surface area (Å²) >= 11 is 3.29. The van der Waals surface area contributed by atoms with E-state index in [0.29, 0.717) is 15.8 Å². The van der Waals surface area contributed by atoms with E-state index in [0.717, 1.165) is 6.29 Å². The van der Waals surface area contributed by atoms with Crippen LogP contribution < -0.4 is 4.74 Å². The van der Waals surface area contributed by atoms with Crippen LogP contribution in [0.25, 0.3) is 0 Å². The summed E-state index contributed by atoms with van der Waals surface area (Å²) in [5, 5.41) is 0. The number of aldehydes is 1. The Bertz CT molecular complexity index is 515. The van der Waals surface area contributed by atoms with Crippen molar-refractivity contribution in [3.05, 3.63) is 28.2 Å². The van der Waals surface area contributed by atoms with Gasteiger partial charge in [-0.05, 0) is 52.8 Å². The molecule has 0 fully saturated rings. The summed E-state index contributed by atoms with van der Waals surface area (Å²) in [7, 11) is 0. The van der Waals surface area contributed by atoms with Gasteiger partial charge in [-0.2, -0.15) is 0 Å². The van der Waals surface area contributed by atoms with Crippen molar-refractivity contribution in [1.29, 1.82) is 0 Å². The number of benzene rings is 1. The molecule has 110 valence electrons. The average Bonchev–Trinajstić information content (AvgIpc) is 2.25. The Morgan fingerprint density at radius 3 is 2.25 bits per heavy atom. The molecule has 0 atom stereocenters. The van der Waals surface area contributed by atoms with E-state index in [1.165, 1.54) is 0 Å². The van der Waals surface area contributed by atoms with E-state index in [-0.39, 0.29) is 0 Å². The van der Waals surface area contributed by atoms with Crippen molar-refractivity contribution in [2.75, 3.05) is 0 Å². The summed E-state index contributed by atoms with van der Waals surface area (Å²) < 4.78 is 11.7. The van der Waals surface area contributed by atoms with Crippen LogP contribution in [0.3, 0.4) is 0 Å². The maximum atomic E-state index is 12.1. The number of hydrogen-bond acceptors (Lipinski definition) is 4. The molecule has 1 rings (SSSR count). The minimum atomic E-state index is -1.14. The molecule has 0 aliphatic carbocycles. The molecule has 0 aromatic heterocycles. The maximum absolute atomic E-state index is 12.1. The smallest absolute Gasteiger partial charge is 0.350 e. The van der Waals surface area contributed by atoms with Gasteiger partial charge in [0.05, 0.1) is 0 Å². The van der Waals surface area contributed by atoms with Crippen LogP contribution in [0.5, 0.6) is 5.75 Å². The van der Waals surface area contributed by atoms with Crippen LogP contribution >= 0.6 is 15.9 Å². The summed E-state index contributed by atoms with van der Waals surface area (Å²) in [5.74, 6) is -0.0324. The molecule has 0 spiro atoms. The van der Waals surface area contributed by atoms with Crippen LogP contribution in [0.15, 0.2) is 22.7 Å². The Kier molecular flexibility index (Phi) is 4.97. The van der Waals surface area contributed by atoms with Gasteiger partial charge in [-0.3, -0.25) is 4.79 Å². The highest BCUT2D eigenvalue weighted by Crippen LogP contribution is 2.26. The summed E-state index contributed by atoms with van der Waals surface area (Å²) in [6.45, 7) is 8.64. The Morgan fingerprint density at radius 1 is 1.15 bits per heavy atom. The normalized spacial score (nSPS) is 11.9. The topological polar surface area (TPSA) is 52.6 Å². The number of carbonyl (C=O) groups excluding carboxylic acids is 2. The van der Waals surface area contributed by atoms with Gasteiger partial charge in [0.15, 0.2) is 5.60 Å². The van der Waals surface area contributed by atoms with Crippen molar-refractivity contribution in [3.63, 3.8) is 0 Å². The Morgan fingerprint density at radius 2 is 1.75 bits per heavy atom. The first-order chi connectivity index (χ1) is 9.03. The first-order valence-electron chi connectivity index (χ1n) is 6.22. The highest BCUT2D eigenvalue weighted by Gasteiger charge is 2.34. The molecule has 4 nitrogen and oxygen atoms in total. The second-order valence-corrected chi connectivity index (χ2v) is 6.87. The number of esters is 1. The average molecular weight is 343 g/mol. The molecule has 20 heavy (non-hydrogen) atoms. The third-order valence-corrected chi connectivity index (χ3v) is 2.75. The predicted molar refractivity (Wildman–Crippen MR) is 80.1 cm³/mol. The lowest BCUT2D eigenvalue weighted by atomic mass is 10.1. The van der Waals surface area contributed by atoms with E-state index in [2.05, 4.69) is 15.9 Å². The lowest BCUT2D eigenvalue weighted by Gasteiger charge is -2.29. The van der Waals surface area contributed by atoms with E-state index in [1.54, 1.807) is 52.8 Å². The third kappa shape index (κ3) is 4.96. The highest BCUT2D eigenvalue weighted by molar-refractivity contribution is 9.10. The summed E-state index contributed by atoms with van der Waals surface area (Å²) in [5.41, 5.74) is -1.26. The molecule has 0 radical (unpaired) electrons. The molecule has 0 N–H and O–H groups in total. The van der Waals surface area contributed by atoms with Gasteiger partial charge >= 0.3 is 5.97 Å². The first-order valence-corrected chi connectivity index (χ1v) is 7.01. The minimum absolute atomic E-state index is 0.428. The number of hydrogen-bond donors (Lipinski definition) is 0. The van der Waals surface area contributed by atoms with E-state index in [4.69, 9.17) is 9.47 Å². The van der Waals surface area contributed by atoms with Gasteiger partial charge in [0.1, 0.15) is 17.6 Å². The summed E-state index contributed by atoms with van der Waals surface area (Å²) in [4.78, 5) is 22.9. The van der Waals surface area contributed by atoms with Crippen molar-refractivity contribution in [2.45, 2.75) is 45.8 Å². The van der Waals surface area contributed by atoms with E-state index in [1.807, 2.05) is 0 Å². The van der Waals surface area contributed by atoms with Gasteiger partial charge in [-0.25, -0.2) is 4.79 Å². The lowest BCUT2D eigenvalue weighted by molar-refractivity contribution is -0.170. The van der Waals surface area contributed by atoms with Crippen LogP contribution in [0.4, 0.5) is 0 Å². The molecule has 0 aliphatic rings. The molecule has 0 heterocycles. The van der Waals surface area contributed by atoms with Crippen LogP contribution in [0.1, 0.15) is 45.0 Å². The molecular formula is C15H19BrO4. The van der Waals surface area contributed by atoms with E-state index < -0.39 is 17.2 Å². The zero-order valence-corrected chi connectivity index (χ0v) is 13.9. The van der Waals surface area contributed by atoms with Crippen molar-refractivity contribution < 1.29 is 19.1 Å². The van der Waals surface area contributed by atoms with Crippen LogP contribution in [-0.2, 0) is 9.53 Å². The van der Waals surface area contributed by atoms with Gasteiger partial charge in [0, 0.05) is 10.0 Å². The van der Waals surface area contributed by atoms with Gasteiger partial charge in [0.2, 0.25) is 0 Å². The van der Waals surface area contributed by atoms with Crippen molar-refractivity contribution in [2.24, 2.45) is 0 Å². The van der Waals surface area contributed by atoms with Crippen LogP contribution in [0.2, 0.25) is 0 Å². The monoisotopic (exact) mass is 342 g/mol. The van der Waals surface area contributed by atoms with Crippen LogP contribution in [0, 0.1) is 0 Å². The SMILES string of the molecule is CC(C)(C)OC(=O)C(C)(C)Oc1cc(Br)cc(C=O)c1. The molecule has 0 saturated carbocycles. The number of carbonyl (C=O) groups is 2. The zero-order valence-electron chi connectivity index (χ0n) is 12.3. The first kappa shape index (κ1) is 16.7. The lowest BCUT2D eigenvalue weighted by Crippen LogP contribution is -2.43. The molecule has 0 unspecified atom stereocenters. The molecule has 0 amide bonds. The largest absolute Gasteiger partial charge is 0.476 e. The molecule has 0 aliphatic heterocycles. The van der Waals surface area contributed by atoms with Crippen molar-refractivity contribution in [1.82, 2.24) is 0 Å². The second kappa shape index (κ2) is 5.95. The predicted octanol–water partition coefficient (Wildman–Crippen LogP) is 3.76. The molecule has 1 aromatic rings. The van der Waals surface area contributed by atoms with Crippen molar-refractivity contribution in [3.8, 4) is 5.75 Å². The van der Waals surface area contributed by atoms with Crippen LogP contribution in [-0.4, -0.2) is 23.5 Å².